The zero-order valence-corrected chi connectivity index (χ0v) is 16.3. The Morgan fingerprint density at radius 1 is 0.913 bits per heavy atom. The summed E-state index contributed by atoms with van der Waals surface area (Å²) in [4.78, 5) is 23.7. The van der Waals surface area contributed by atoms with Crippen LogP contribution in [0.3, 0.4) is 0 Å². The summed E-state index contributed by atoms with van der Waals surface area (Å²) in [5, 5.41) is 9.33. The van der Waals surface area contributed by atoms with Gasteiger partial charge in [0, 0.05) is 0 Å². The Bertz CT molecular complexity index is 397. The minimum absolute atomic E-state index is 0.00914. The van der Waals surface area contributed by atoms with Gasteiger partial charge in [0.1, 0.15) is 5.60 Å². The van der Waals surface area contributed by atoms with Gasteiger partial charge in [0.25, 0.3) is 0 Å². The Balaban J connectivity index is 4.60. The molecule has 4 nitrogen and oxygen atoms in total. The van der Waals surface area contributed by atoms with E-state index in [2.05, 4.69) is 41.5 Å². The third-order valence-electron chi connectivity index (χ3n) is 3.59. The molecule has 0 saturated carbocycles. The molecule has 0 rings (SSSR count). The third kappa shape index (κ3) is 11.2. The first-order valence-electron chi connectivity index (χ1n) is 8.59. The highest BCUT2D eigenvalue weighted by molar-refractivity contribution is 5.94. The standard InChI is InChI=1S/C19H36O4/c1-17(2,3)12-10-9-11-14(15(20)21)16(22)23-19(7,8)13-18(4,5)6/h14H,9-13H2,1-8H3,(H,20,21). The minimum Gasteiger partial charge on any atom is -0.481 e. The van der Waals surface area contributed by atoms with Crippen molar-refractivity contribution >= 4 is 11.9 Å². The van der Waals surface area contributed by atoms with Gasteiger partial charge in [-0.3, -0.25) is 9.59 Å². The molecule has 0 spiro atoms. The first kappa shape index (κ1) is 21.9. The molecule has 0 aromatic rings. The SMILES string of the molecule is CC(C)(C)CCCCC(C(=O)O)C(=O)OC(C)(C)CC(C)(C)C. The lowest BCUT2D eigenvalue weighted by Gasteiger charge is -2.33. The summed E-state index contributed by atoms with van der Waals surface area (Å²) in [5.74, 6) is -2.76. The van der Waals surface area contributed by atoms with Gasteiger partial charge in [-0.2, -0.15) is 0 Å². The van der Waals surface area contributed by atoms with Gasteiger partial charge in [-0.25, -0.2) is 0 Å². The number of hydrogen-bond acceptors (Lipinski definition) is 3. The van der Waals surface area contributed by atoms with Crippen LogP contribution in [0, 0.1) is 16.7 Å². The predicted octanol–water partition coefficient (Wildman–Crippen LogP) is 5.05. The lowest BCUT2D eigenvalue weighted by molar-refractivity contribution is -0.170. The molecule has 1 atom stereocenters. The van der Waals surface area contributed by atoms with Crippen molar-refractivity contribution in [3.05, 3.63) is 0 Å². The van der Waals surface area contributed by atoms with Gasteiger partial charge in [0.15, 0.2) is 5.92 Å². The van der Waals surface area contributed by atoms with Crippen LogP contribution in [0.1, 0.15) is 87.5 Å². The number of ether oxygens (including phenoxy) is 1. The summed E-state index contributed by atoms with van der Waals surface area (Å²) in [5.41, 5.74) is -0.419. The normalized spacial score (nSPS) is 14.4. The number of aliphatic carboxylic acids is 1. The van der Waals surface area contributed by atoms with Crippen molar-refractivity contribution in [2.45, 2.75) is 93.1 Å². The quantitative estimate of drug-likeness (QED) is 0.384. The summed E-state index contributed by atoms with van der Waals surface area (Å²) in [7, 11) is 0. The highest BCUT2D eigenvalue weighted by Gasteiger charge is 2.34. The molecule has 0 aromatic heterocycles. The lowest BCUT2D eigenvalue weighted by atomic mass is 9.83. The first-order valence-corrected chi connectivity index (χ1v) is 8.59. The van der Waals surface area contributed by atoms with Crippen LogP contribution in [0.5, 0.6) is 0 Å². The fraction of sp³-hybridized carbons (Fsp3) is 0.895. The Hall–Kier alpha value is -1.06. The smallest absolute Gasteiger partial charge is 0.320 e. The molecule has 0 saturated heterocycles. The molecule has 0 heterocycles. The van der Waals surface area contributed by atoms with Gasteiger partial charge < -0.3 is 9.84 Å². The van der Waals surface area contributed by atoms with E-state index in [-0.39, 0.29) is 10.8 Å². The minimum atomic E-state index is -1.09. The van der Waals surface area contributed by atoms with Crippen LogP contribution in [-0.2, 0) is 14.3 Å². The molecule has 0 amide bonds. The first-order chi connectivity index (χ1) is 10.1. The van der Waals surface area contributed by atoms with Gasteiger partial charge in [-0.15, -0.1) is 0 Å². The molecule has 0 fully saturated rings. The Labute approximate surface area is 142 Å². The van der Waals surface area contributed by atoms with Crippen molar-refractivity contribution in [1.82, 2.24) is 0 Å². The third-order valence-corrected chi connectivity index (χ3v) is 3.59. The average Bonchev–Trinajstić information content (AvgIpc) is 2.21. The van der Waals surface area contributed by atoms with Crippen molar-refractivity contribution in [2.24, 2.45) is 16.7 Å². The van der Waals surface area contributed by atoms with Crippen LogP contribution >= 0.6 is 0 Å². The van der Waals surface area contributed by atoms with Gasteiger partial charge in [0.2, 0.25) is 0 Å². The molecule has 23 heavy (non-hydrogen) atoms. The lowest BCUT2D eigenvalue weighted by Crippen LogP contribution is -2.37. The molecule has 0 aromatic carbocycles. The molecule has 4 heteroatoms. The largest absolute Gasteiger partial charge is 0.481 e. The van der Waals surface area contributed by atoms with E-state index in [0.29, 0.717) is 12.8 Å². The molecule has 1 N–H and O–H groups in total. The number of carboxylic acid groups (broad SMARTS) is 1. The van der Waals surface area contributed by atoms with Crippen molar-refractivity contribution < 1.29 is 19.4 Å². The molecule has 136 valence electrons. The van der Waals surface area contributed by atoms with E-state index in [1.807, 2.05) is 13.8 Å². The number of esters is 1. The van der Waals surface area contributed by atoms with Crippen LogP contribution in [0.2, 0.25) is 0 Å². The van der Waals surface area contributed by atoms with Crippen molar-refractivity contribution in [1.29, 1.82) is 0 Å². The van der Waals surface area contributed by atoms with E-state index in [1.54, 1.807) is 0 Å². The summed E-state index contributed by atoms with van der Waals surface area (Å²) >= 11 is 0. The van der Waals surface area contributed by atoms with Crippen molar-refractivity contribution in [3.8, 4) is 0 Å². The zero-order valence-electron chi connectivity index (χ0n) is 16.3. The molecule has 1 unspecified atom stereocenters. The molecular formula is C19H36O4. The van der Waals surface area contributed by atoms with Gasteiger partial charge in [-0.05, 0) is 43.9 Å². The van der Waals surface area contributed by atoms with Crippen LogP contribution in [0.15, 0.2) is 0 Å². The second kappa shape index (κ2) is 8.16. The maximum absolute atomic E-state index is 12.3. The Morgan fingerprint density at radius 3 is 1.83 bits per heavy atom. The molecular weight excluding hydrogens is 292 g/mol. The van der Waals surface area contributed by atoms with Crippen molar-refractivity contribution in [3.63, 3.8) is 0 Å². The molecule has 0 aliphatic carbocycles. The summed E-state index contributed by atoms with van der Waals surface area (Å²) in [6, 6.07) is 0. The number of carboxylic acids is 1. The van der Waals surface area contributed by atoms with Gasteiger partial charge >= 0.3 is 11.9 Å². The number of hydrogen-bond donors (Lipinski definition) is 1. The van der Waals surface area contributed by atoms with Gasteiger partial charge in [-0.1, -0.05) is 54.4 Å². The fourth-order valence-corrected chi connectivity index (χ4v) is 3.00. The van der Waals surface area contributed by atoms with Crippen molar-refractivity contribution in [2.75, 3.05) is 0 Å². The Kier molecular flexibility index (Phi) is 7.79. The molecule has 0 radical (unpaired) electrons. The second-order valence-electron chi connectivity index (χ2n) is 9.62. The summed E-state index contributed by atoms with van der Waals surface area (Å²) < 4.78 is 5.52. The highest BCUT2D eigenvalue weighted by Crippen LogP contribution is 2.31. The number of carbonyl (C=O) groups is 2. The highest BCUT2D eigenvalue weighted by atomic mass is 16.6. The van der Waals surface area contributed by atoms with Crippen LogP contribution in [0.4, 0.5) is 0 Å². The van der Waals surface area contributed by atoms with Gasteiger partial charge in [0.05, 0.1) is 0 Å². The summed E-state index contributed by atoms with van der Waals surface area (Å²) in [6.07, 6.45) is 3.69. The molecule has 0 aliphatic rings. The Morgan fingerprint density at radius 2 is 1.43 bits per heavy atom. The average molecular weight is 328 g/mol. The van der Waals surface area contributed by atoms with E-state index in [4.69, 9.17) is 4.74 Å². The van der Waals surface area contributed by atoms with E-state index in [1.165, 1.54) is 0 Å². The van der Waals surface area contributed by atoms with E-state index in [9.17, 15) is 14.7 Å². The van der Waals surface area contributed by atoms with E-state index >= 15 is 0 Å². The molecule has 0 aliphatic heterocycles. The number of rotatable bonds is 8. The van der Waals surface area contributed by atoms with Crippen LogP contribution in [0.25, 0.3) is 0 Å². The van der Waals surface area contributed by atoms with E-state index < -0.39 is 23.5 Å². The van der Waals surface area contributed by atoms with E-state index in [0.717, 1.165) is 19.3 Å². The zero-order chi connectivity index (χ0) is 18.5. The maximum atomic E-state index is 12.3. The fourth-order valence-electron chi connectivity index (χ4n) is 3.00. The van der Waals surface area contributed by atoms with Crippen LogP contribution in [-0.4, -0.2) is 22.6 Å². The topological polar surface area (TPSA) is 63.6 Å². The maximum Gasteiger partial charge on any atom is 0.320 e. The molecule has 0 bridgehead atoms. The predicted molar refractivity (Wildman–Crippen MR) is 93.3 cm³/mol. The number of carbonyl (C=O) groups excluding carboxylic acids is 1. The second-order valence-corrected chi connectivity index (χ2v) is 9.62. The number of unbranched alkanes of at least 4 members (excludes halogenated alkanes) is 1. The van der Waals surface area contributed by atoms with Crippen LogP contribution < -0.4 is 0 Å². The monoisotopic (exact) mass is 328 g/mol. The summed E-state index contributed by atoms with van der Waals surface area (Å²) in [6.45, 7) is 16.4.